The van der Waals surface area contributed by atoms with Gasteiger partial charge in [0.2, 0.25) is 0 Å². The molecule has 1 aliphatic carbocycles. The molecule has 1 aromatic carbocycles. The molecule has 2 unspecified atom stereocenters. The SMILES string of the molecule is COc1ccc(C(=O)NC2CCC(N)C2)cc1Br. The number of amides is 1. The summed E-state index contributed by atoms with van der Waals surface area (Å²) in [6.45, 7) is 0. The van der Waals surface area contributed by atoms with Crippen molar-refractivity contribution in [2.75, 3.05) is 7.11 Å². The minimum atomic E-state index is -0.0579. The zero-order valence-electron chi connectivity index (χ0n) is 10.3. The smallest absolute Gasteiger partial charge is 0.251 e. The predicted octanol–water partition coefficient (Wildman–Crippen LogP) is 2.07. The number of nitrogens with one attached hydrogen (secondary N) is 1. The van der Waals surface area contributed by atoms with E-state index in [1.165, 1.54) is 0 Å². The minimum absolute atomic E-state index is 0.0579. The third-order valence-electron chi connectivity index (χ3n) is 3.22. The fourth-order valence-electron chi connectivity index (χ4n) is 2.22. The summed E-state index contributed by atoms with van der Waals surface area (Å²) >= 11 is 3.37. The molecule has 98 valence electrons. The lowest BCUT2D eigenvalue weighted by molar-refractivity contribution is 0.0937. The Morgan fingerprint density at radius 2 is 2.28 bits per heavy atom. The van der Waals surface area contributed by atoms with Crippen molar-refractivity contribution in [1.29, 1.82) is 0 Å². The number of rotatable bonds is 3. The Kier molecular flexibility index (Phi) is 4.24. The molecular formula is C13H17BrN2O2. The highest BCUT2D eigenvalue weighted by Gasteiger charge is 2.23. The Bertz CT molecular complexity index is 451. The average molecular weight is 313 g/mol. The van der Waals surface area contributed by atoms with E-state index in [0.29, 0.717) is 5.56 Å². The van der Waals surface area contributed by atoms with E-state index < -0.39 is 0 Å². The van der Waals surface area contributed by atoms with Crippen LogP contribution in [0.5, 0.6) is 5.75 Å². The summed E-state index contributed by atoms with van der Waals surface area (Å²) in [4.78, 5) is 12.0. The number of benzene rings is 1. The van der Waals surface area contributed by atoms with Crippen LogP contribution < -0.4 is 15.8 Å². The van der Waals surface area contributed by atoms with Gasteiger partial charge in [-0.1, -0.05) is 0 Å². The second kappa shape index (κ2) is 5.71. The van der Waals surface area contributed by atoms with E-state index in [9.17, 15) is 4.79 Å². The lowest BCUT2D eigenvalue weighted by Crippen LogP contribution is -2.34. The van der Waals surface area contributed by atoms with Crippen LogP contribution in [0, 0.1) is 0 Å². The highest BCUT2D eigenvalue weighted by Crippen LogP contribution is 2.26. The Hall–Kier alpha value is -1.07. The van der Waals surface area contributed by atoms with Gasteiger partial charge in [0.25, 0.3) is 5.91 Å². The molecule has 0 heterocycles. The summed E-state index contributed by atoms with van der Waals surface area (Å²) in [7, 11) is 1.60. The molecule has 1 saturated carbocycles. The molecule has 0 aromatic heterocycles. The van der Waals surface area contributed by atoms with Gasteiger partial charge in [0.15, 0.2) is 0 Å². The van der Waals surface area contributed by atoms with Gasteiger partial charge in [0.1, 0.15) is 5.75 Å². The summed E-state index contributed by atoms with van der Waals surface area (Å²) < 4.78 is 5.91. The lowest BCUT2D eigenvalue weighted by Gasteiger charge is -2.13. The van der Waals surface area contributed by atoms with Crippen LogP contribution in [0.25, 0.3) is 0 Å². The second-order valence-electron chi connectivity index (χ2n) is 4.59. The van der Waals surface area contributed by atoms with E-state index in [2.05, 4.69) is 21.2 Å². The number of hydrogen-bond donors (Lipinski definition) is 2. The van der Waals surface area contributed by atoms with Crippen molar-refractivity contribution >= 4 is 21.8 Å². The molecule has 0 saturated heterocycles. The highest BCUT2D eigenvalue weighted by molar-refractivity contribution is 9.10. The molecule has 3 N–H and O–H groups in total. The van der Waals surface area contributed by atoms with Gasteiger partial charge in [0, 0.05) is 17.6 Å². The Balaban J connectivity index is 2.02. The van der Waals surface area contributed by atoms with Gasteiger partial charge in [-0.2, -0.15) is 0 Å². The van der Waals surface area contributed by atoms with Gasteiger partial charge in [-0.3, -0.25) is 4.79 Å². The Morgan fingerprint density at radius 3 is 2.83 bits per heavy atom. The topological polar surface area (TPSA) is 64.3 Å². The van der Waals surface area contributed by atoms with E-state index >= 15 is 0 Å². The number of methoxy groups -OCH3 is 1. The van der Waals surface area contributed by atoms with Crippen LogP contribution in [0.15, 0.2) is 22.7 Å². The molecule has 18 heavy (non-hydrogen) atoms. The molecule has 0 spiro atoms. The average Bonchev–Trinajstić information content (AvgIpc) is 2.74. The molecular weight excluding hydrogens is 296 g/mol. The predicted molar refractivity (Wildman–Crippen MR) is 73.8 cm³/mol. The van der Waals surface area contributed by atoms with Crippen molar-refractivity contribution in [2.45, 2.75) is 31.3 Å². The number of carbonyl (C=O) groups excluding carboxylic acids is 1. The zero-order valence-corrected chi connectivity index (χ0v) is 11.9. The first-order valence-electron chi connectivity index (χ1n) is 6.00. The summed E-state index contributed by atoms with van der Waals surface area (Å²) in [6, 6.07) is 5.72. The van der Waals surface area contributed by atoms with Gasteiger partial charge in [-0.25, -0.2) is 0 Å². The number of ether oxygens (including phenoxy) is 1. The summed E-state index contributed by atoms with van der Waals surface area (Å²) in [5, 5.41) is 3.01. The molecule has 1 aromatic rings. The van der Waals surface area contributed by atoms with Crippen LogP contribution >= 0.6 is 15.9 Å². The number of carbonyl (C=O) groups is 1. The molecule has 2 rings (SSSR count). The quantitative estimate of drug-likeness (QED) is 0.898. The van der Waals surface area contributed by atoms with E-state index in [1.54, 1.807) is 25.3 Å². The van der Waals surface area contributed by atoms with Crippen LogP contribution in [0.1, 0.15) is 29.6 Å². The lowest BCUT2D eigenvalue weighted by atomic mass is 10.1. The second-order valence-corrected chi connectivity index (χ2v) is 5.45. The van der Waals surface area contributed by atoms with Crippen LogP contribution in [0.4, 0.5) is 0 Å². The van der Waals surface area contributed by atoms with E-state index in [-0.39, 0.29) is 18.0 Å². The monoisotopic (exact) mass is 312 g/mol. The summed E-state index contributed by atoms with van der Waals surface area (Å²) in [5.41, 5.74) is 6.45. The fraction of sp³-hybridized carbons (Fsp3) is 0.462. The van der Waals surface area contributed by atoms with E-state index in [1.807, 2.05) is 0 Å². The first-order valence-corrected chi connectivity index (χ1v) is 6.79. The van der Waals surface area contributed by atoms with Crippen molar-refractivity contribution < 1.29 is 9.53 Å². The van der Waals surface area contributed by atoms with Gasteiger partial charge >= 0.3 is 0 Å². The molecule has 0 radical (unpaired) electrons. The van der Waals surface area contributed by atoms with Gasteiger partial charge in [0.05, 0.1) is 11.6 Å². The van der Waals surface area contributed by atoms with Crippen LogP contribution in [0.3, 0.4) is 0 Å². The maximum absolute atomic E-state index is 12.0. The normalized spacial score (nSPS) is 22.8. The van der Waals surface area contributed by atoms with Gasteiger partial charge in [-0.05, 0) is 53.4 Å². The zero-order chi connectivity index (χ0) is 13.1. The van der Waals surface area contributed by atoms with E-state index in [0.717, 1.165) is 29.5 Å². The first-order chi connectivity index (χ1) is 8.60. The molecule has 2 atom stereocenters. The van der Waals surface area contributed by atoms with Crippen molar-refractivity contribution in [3.8, 4) is 5.75 Å². The summed E-state index contributed by atoms with van der Waals surface area (Å²) in [6.07, 6.45) is 2.81. The van der Waals surface area contributed by atoms with Gasteiger partial charge < -0.3 is 15.8 Å². The maximum Gasteiger partial charge on any atom is 0.251 e. The van der Waals surface area contributed by atoms with Crippen molar-refractivity contribution in [3.05, 3.63) is 28.2 Å². The van der Waals surface area contributed by atoms with Crippen molar-refractivity contribution in [2.24, 2.45) is 5.73 Å². The number of nitrogens with two attached hydrogens (primary N) is 1. The maximum atomic E-state index is 12.0. The van der Waals surface area contributed by atoms with Crippen LogP contribution in [-0.4, -0.2) is 25.1 Å². The van der Waals surface area contributed by atoms with Gasteiger partial charge in [-0.15, -0.1) is 0 Å². The molecule has 4 nitrogen and oxygen atoms in total. The number of hydrogen-bond acceptors (Lipinski definition) is 3. The third kappa shape index (κ3) is 3.03. The Morgan fingerprint density at radius 1 is 1.50 bits per heavy atom. The standard InChI is InChI=1S/C13H17BrN2O2/c1-18-12-5-2-8(6-11(12)14)13(17)16-10-4-3-9(15)7-10/h2,5-6,9-10H,3-4,7,15H2,1H3,(H,16,17). The molecule has 5 heteroatoms. The molecule has 1 aliphatic rings. The molecule has 0 bridgehead atoms. The van der Waals surface area contributed by atoms with Crippen molar-refractivity contribution in [1.82, 2.24) is 5.32 Å². The highest BCUT2D eigenvalue weighted by atomic mass is 79.9. The van der Waals surface area contributed by atoms with E-state index in [4.69, 9.17) is 10.5 Å². The van der Waals surface area contributed by atoms with Crippen LogP contribution in [-0.2, 0) is 0 Å². The molecule has 0 aliphatic heterocycles. The van der Waals surface area contributed by atoms with Crippen molar-refractivity contribution in [3.63, 3.8) is 0 Å². The largest absolute Gasteiger partial charge is 0.496 e. The molecule has 1 fully saturated rings. The fourth-order valence-corrected chi connectivity index (χ4v) is 2.76. The van der Waals surface area contributed by atoms with Crippen LogP contribution in [0.2, 0.25) is 0 Å². The molecule has 1 amide bonds. The third-order valence-corrected chi connectivity index (χ3v) is 3.84. The number of halogens is 1. The first kappa shape index (κ1) is 13.4. The minimum Gasteiger partial charge on any atom is -0.496 e. The summed E-state index contributed by atoms with van der Waals surface area (Å²) in [5.74, 6) is 0.659. The Labute approximate surface area is 115 Å².